The van der Waals surface area contributed by atoms with Crippen LogP contribution < -0.4 is 19.5 Å². The largest absolute Gasteiger partial charge is 0.489 e. The van der Waals surface area contributed by atoms with Gasteiger partial charge in [-0.1, -0.05) is 11.6 Å². The van der Waals surface area contributed by atoms with E-state index in [1.165, 1.54) is 0 Å². The van der Waals surface area contributed by atoms with Crippen molar-refractivity contribution in [3.8, 4) is 17.2 Å². The van der Waals surface area contributed by atoms with Crippen LogP contribution in [0.1, 0.15) is 6.42 Å². The monoisotopic (exact) mass is 241 g/mol. The van der Waals surface area contributed by atoms with E-state index in [4.69, 9.17) is 25.8 Å². The van der Waals surface area contributed by atoms with E-state index in [0.29, 0.717) is 16.5 Å². The summed E-state index contributed by atoms with van der Waals surface area (Å²) in [5, 5.41) is 3.78. The average Bonchev–Trinajstić information content (AvgIpc) is 2.87. The van der Waals surface area contributed by atoms with Gasteiger partial charge in [-0.05, 0) is 13.0 Å². The molecular formula is C11H12ClNO3. The number of fused-ring (bicyclic) bond motifs is 1. The van der Waals surface area contributed by atoms with Gasteiger partial charge in [-0.3, -0.25) is 0 Å². The highest BCUT2D eigenvalue weighted by molar-refractivity contribution is 6.32. The molecular weight excluding hydrogens is 230 g/mol. The molecule has 86 valence electrons. The number of rotatable bonds is 2. The molecule has 1 aromatic rings. The van der Waals surface area contributed by atoms with Crippen molar-refractivity contribution >= 4 is 11.6 Å². The highest BCUT2D eigenvalue weighted by Gasteiger charge is 2.21. The first kappa shape index (κ1) is 10.1. The average molecular weight is 242 g/mol. The van der Waals surface area contributed by atoms with Gasteiger partial charge in [0.05, 0.1) is 5.02 Å². The lowest BCUT2D eigenvalue weighted by molar-refractivity contribution is 0.173. The number of benzene rings is 1. The molecule has 2 aliphatic rings. The fourth-order valence-corrected chi connectivity index (χ4v) is 2.19. The van der Waals surface area contributed by atoms with Crippen molar-refractivity contribution in [3.05, 3.63) is 17.2 Å². The van der Waals surface area contributed by atoms with Crippen molar-refractivity contribution in [1.82, 2.24) is 5.32 Å². The Kier molecular flexibility index (Phi) is 2.53. The van der Waals surface area contributed by atoms with E-state index in [-0.39, 0.29) is 12.9 Å². The summed E-state index contributed by atoms with van der Waals surface area (Å²) in [7, 11) is 0. The van der Waals surface area contributed by atoms with Crippen LogP contribution in [0.15, 0.2) is 12.1 Å². The molecule has 2 aliphatic heterocycles. The van der Waals surface area contributed by atoms with E-state index in [1.54, 1.807) is 6.07 Å². The van der Waals surface area contributed by atoms with E-state index in [9.17, 15) is 0 Å². The van der Waals surface area contributed by atoms with Crippen LogP contribution in [0.5, 0.6) is 17.2 Å². The molecule has 5 heteroatoms. The summed E-state index contributed by atoms with van der Waals surface area (Å²) in [6.07, 6.45) is 1.24. The van der Waals surface area contributed by atoms with Gasteiger partial charge in [0.15, 0.2) is 11.5 Å². The first-order valence-corrected chi connectivity index (χ1v) is 5.67. The molecule has 2 heterocycles. The molecule has 1 aromatic carbocycles. The number of ether oxygens (including phenoxy) is 3. The van der Waals surface area contributed by atoms with E-state index in [2.05, 4.69) is 5.32 Å². The summed E-state index contributed by atoms with van der Waals surface area (Å²) >= 11 is 6.06. The molecule has 0 aliphatic carbocycles. The van der Waals surface area contributed by atoms with Crippen molar-refractivity contribution in [3.63, 3.8) is 0 Å². The molecule has 0 bridgehead atoms. The molecule has 3 rings (SSSR count). The van der Waals surface area contributed by atoms with Gasteiger partial charge < -0.3 is 19.5 Å². The van der Waals surface area contributed by atoms with E-state index in [1.807, 2.05) is 6.07 Å². The lowest BCUT2D eigenvalue weighted by atomic mass is 10.3. The molecule has 1 unspecified atom stereocenters. The third-order valence-electron chi connectivity index (χ3n) is 2.72. The van der Waals surface area contributed by atoms with Crippen molar-refractivity contribution in [2.24, 2.45) is 0 Å². The molecule has 0 amide bonds. The smallest absolute Gasteiger partial charge is 0.231 e. The summed E-state index contributed by atoms with van der Waals surface area (Å²) in [5.41, 5.74) is 0. The van der Waals surface area contributed by atoms with Crippen LogP contribution >= 0.6 is 11.6 Å². The lowest BCUT2D eigenvalue weighted by Crippen LogP contribution is -2.19. The van der Waals surface area contributed by atoms with Gasteiger partial charge in [-0.2, -0.15) is 0 Å². The first-order chi connectivity index (χ1) is 7.83. The van der Waals surface area contributed by atoms with Gasteiger partial charge in [0.25, 0.3) is 0 Å². The van der Waals surface area contributed by atoms with Crippen molar-refractivity contribution < 1.29 is 14.2 Å². The maximum absolute atomic E-state index is 6.06. The van der Waals surface area contributed by atoms with Crippen molar-refractivity contribution in [2.45, 2.75) is 12.5 Å². The number of hydrogen-bond donors (Lipinski definition) is 1. The first-order valence-electron chi connectivity index (χ1n) is 5.29. The number of hydrogen-bond acceptors (Lipinski definition) is 4. The van der Waals surface area contributed by atoms with Gasteiger partial charge in [0.1, 0.15) is 11.9 Å². The summed E-state index contributed by atoms with van der Waals surface area (Å²) in [6, 6.07) is 3.60. The molecule has 0 radical (unpaired) electrons. The lowest BCUT2D eigenvalue weighted by Gasteiger charge is -2.13. The molecule has 0 spiro atoms. The summed E-state index contributed by atoms with van der Waals surface area (Å²) in [4.78, 5) is 0. The molecule has 0 saturated carbocycles. The second-order valence-corrected chi connectivity index (χ2v) is 4.28. The molecule has 0 aromatic heterocycles. The van der Waals surface area contributed by atoms with Crippen LogP contribution in [0.3, 0.4) is 0 Å². The van der Waals surface area contributed by atoms with E-state index in [0.717, 1.165) is 25.3 Å². The zero-order chi connectivity index (χ0) is 11.0. The minimum Gasteiger partial charge on any atom is -0.489 e. The highest BCUT2D eigenvalue weighted by atomic mass is 35.5. The Bertz CT molecular complexity index is 404. The van der Waals surface area contributed by atoms with Crippen LogP contribution in [0.25, 0.3) is 0 Å². The van der Waals surface area contributed by atoms with Crippen LogP contribution in [0.4, 0.5) is 0 Å². The highest BCUT2D eigenvalue weighted by Crippen LogP contribution is 2.42. The third kappa shape index (κ3) is 1.79. The Morgan fingerprint density at radius 2 is 2.31 bits per heavy atom. The van der Waals surface area contributed by atoms with Crippen LogP contribution in [-0.4, -0.2) is 26.0 Å². The Balaban J connectivity index is 1.82. The number of halogens is 1. The van der Waals surface area contributed by atoms with E-state index < -0.39 is 0 Å². The quantitative estimate of drug-likeness (QED) is 0.857. The van der Waals surface area contributed by atoms with Crippen molar-refractivity contribution in [2.75, 3.05) is 19.9 Å². The van der Waals surface area contributed by atoms with Crippen molar-refractivity contribution in [1.29, 1.82) is 0 Å². The second-order valence-electron chi connectivity index (χ2n) is 3.87. The summed E-state index contributed by atoms with van der Waals surface area (Å²) in [5.74, 6) is 2.01. The Morgan fingerprint density at radius 3 is 3.12 bits per heavy atom. The molecule has 1 atom stereocenters. The fourth-order valence-electron chi connectivity index (χ4n) is 1.93. The van der Waals surface area contributed by atoms with Crippen LogP contribution in [-0.2, 0) is 0 Å². The molecule has 1 N–H and O–H groups in total. The minimum atomic E-state index is 0.219. The SMILES string of the molecule is Clc1cc(OC2CCNC2)cc2c1OCO2. The predicted molar refractivity (Wildman–Crippen MR) is 59.5 cm³/mol. The molecule has 1 saturated heterocycles. The standard InChI is InChI=1S/C11H12ClNO3/c12-9-3-8(16-7-1-2-13-5-7)4-10-11(9)15-6-14-10/h3-4,7,13H,1-2,5-6H2. The second kappa shape index (κ2) is 4.03. The molecule has 4 nitrogen and oxygen atoms in total. The Hall–Kier alpha value is -1.13. The van der Waals surface area contributed by atoms with Gasteiger partial charge in [-0.15, -0.1) is 0 Å². The zero-order valence-corrected chi connectivity index (χ0v) is 9.42. The van der Waals surface area contributed by atoms with Crippen LogP contribution in [0, 0.1) is 0 Å². The van der Waals surface area contributed by atoms with Gasteiger partial charge >= 0.3 is 0 Å². The van der Waals surface area contributed by atoms with E-state index >= 15 is 0 Å². The van der Waals surface area contributed by atoms with Crippen LogP contribution in [0.2, 0.25) is 5.02 Å². The maximum Gasteiger partial charge on any atom is 0.231 e. The number of nitrogens with one attached hydrogen (secondary N) is 1. The summed E-state index contributed by atoms with van der Waals surface area (Å²) in [6.45, 7) is 2.11. The summed E-state index contributed by atoms with van der Waals surface area (Å²) < 4.78 is 16.3. The fraction of sp³-hybridized carbons (Fsp3) is 0.455. The topological polar surface area (TPSA) is 39.7 Å². The Morgan fingerprint density at radius 1 is 1.38 bits per heavy atom. The molecule has 16 heavy (non-hydrogen) atoms. The predicted octanol–water partition coefficient (Wildman–Crippen LogP) is 1.81. The Labute approximate surface area is 98.4 Å². The minimum absolute atomic E-state index is 0.219. The maximum atomic E-state index is 6.06. The van der Waals surface area contributed by atoms with Gasteiger partial charge in [0, 0.05) is 18.7 Å². The normalized spacial score (nSPS) is 22.4. The zero-order valence-electron chi connectivity index (χ0n) is 8.66. The van der Waals surface area contributed by atoms with Gasteiger partial charge in [-0.25, -0.2) is 0 Å². The van der Waals surface area contributed by atoms with Gasteiger partial charge in [0.2, 0.25) is 6.79 Å². The third-order valence-corrected chi connectivity index (χ3v) is 3.00. The molecule has 1 fully saturated rings.